The Bertz CT molecular complexity index is 1140. The molecule has 1 atom stereocenters. The molecule has 0 radical (unpaired) electrons. The van der Waals surface area contributed by atoms with Crippen molar-refractivity contribution in [2.24, 2.45) is 5.92 Å². The Labute approximate surface area is 176 Å². The summed E-state index contributed by atoms with van der Waals surface area (Å²) in [6, 6.07) is 15.8. The third-order valence-corrected chi connectivity index (χ3v) is 5.63. The van der Waals surface area contributed by atoms with Crippen LogP contribution in [-0.2, 0) is 13.0 Å². The molecule has 0 saturated carbocycles. The second-order valence-electron chi connectivity index (χ2n) is 8.41. The number of carbonyl (C=O) groups is 1. The maximum absolute atomic E-state index is 13.1. The van der Waals surface area contributed by atoms with Gasteiger partial charge in [-0.05, 0) is 37.0 Å². The number of hydrogen-bond donors (Lipinski definition) is 1. The van der Waals surface area contributed by atoms with Crippen LogP contribution in [0.1, 0.15) is 36.8 Å². The molecule has 1 aliphatic heterocycles. The molecule has 0 bridgehead atoms. The van der Waals surface area contributed by atoms with E-state index in [9.17, 15) is 9.59 Å². The number of para-hydroxylation sites is 1. The Balaban J connectivity index is 1.56. The number of carbonyl (C=O) groups excluding carboxylic acids is 1. The minimum Gasteiger partial charge on any atom is -0.366 e. The lowest BCUT2D eigenvalue weighted by atomic mass is 10.1. The molecule has 0 fully saturated rings. The highest BCUT2D eigenvalue weighted by Crippen LogP contribution is 2.28. The molecule has 3 aromatic rings. The number of hydrogen-bond acceptors (Lipinski definition) is 4. The molecular weight excluding hydrogens is 376 g/mol. The van der Waals surface area contributed by atoms with Crippen LogP contribution in [0.25, 0.3) is 10.8 Å². The van der Waals surface area contributed by atoms with Crippen LogP contribution in [0.2, 0.25) is 0 Å². The van der Waals surface area contributed by atoms with Gasteiger partial charge in [0.25, 0.3) is 11.5 Å². The van der Waals surface area contributed by atoms with Crippen LogP contribution in [0.4, 0.5) is 5.69 Å². The molecule has 0 spiro atoms. The van der Waals surface area contributed by atoms with E-state index < -0.39 is 0 Å². The fraction of sp³-hybridized carbons (Fsp3) is 0.375. The quantitative estimate of drug-likeness (QED) is 0.685. The summed E-state index contributed by atoms with van der Waals surface area (Å²) in [5.41, 5.74) is 2.75. The van der Waals surface area contributed by atoms with Crippen molar-refractivity contribution >= 4 is 22.4 Å². The number of benzene rings is 2. The van der Waals surface area contributed by atoms with E-state index >= 15 is 0 Å². The minimum absolute atomic E-state index is 0.155. The van der Waals surface area contributed by atoms with E-state index in [1.54, 1.807) is 12.1 Å². The van der Waals surface area contributed by atoms with Crippen molar-refractivity contribution in [2.75, 3.05) is 18.0 Å². The SMILES string of the molecule is CC(C)Cn1nc(C(=O)NCC(C)N2CCc3ccccc32)c2ccccc2c1=O. The zero-order valence-corrected chi connectivity index (χ0v) is 17.8. The van der Waals surface area contributed by atoms with Gasteiger partial charge in [-0.2, -0.15) is 5.10 Å². The fourth-order valence-corrected chi connectivity index (χ4v) is 4.13. The minimum atomic E-state index is -0.247. The van der Waals surface area contributed by atoms with Crippen LogP contribution < -0.4 is 15.8 Å². The molecule has 2 heterocycles. The van der Waals surface area contributed by atoms with Gasteiger partial charge in [-0.3, -0.25) is 9.59 Å². The summed E-state index contributed by atoms with van der Waals surface area (Å²) >= 11 is 0. The van der Waals surface area contributed by atoms with Gasteiger partial charge in [0.15, 0.2) is 5.69 Å². The first kappa shape index (κ1) is 20.1. The van der Waals surface area contributed by atoms with Crippen LogP contribution in [-0.4, -0.2) is 34.8 Å². The Morgan fingerprint density at radius 2 is 1.77 bits per heavy atom. The summed E-state index contributed by atoms with van der Waals surface area (Å²) in [5.74, 6) is 0.00516. The Kier molecular flexibility index (Phi) is 5.57. The average molecular weight is 405 g/mol. The zero-order chi connectivity index (χ0) is 21.3. The highest BCUT2D eigenvalue weighted by Gasteiger charge is 2.24. The number of aromatic nitrogens is 2. The Morgan fingerprint density at radius 3 is 2.53 bits per heavy atom. The smallest absolute Gasteiger partial charge is 0.274 e. The van der Waals surface area contributed by atoms with Crippen molar-refractivity contribution in [3.8, 4) is 0 Å². The van der Waals surface area contributed by atoms with Gasteiger partial charge in [-0.15, -0.1) is 0 Å². The van der Waals surface area contributed by atoms with Crippen molar-refractivity contribution in [1.29, 1.82) is 0 Å². The first-order valence-electron chi connectivity index (χ1n) is 10.6. The van der Waals surface area contributed by atoms with Crippen molar-refractivity contribution in [3.63, 3.8) is 0 Å². The number of anilines is 1. The van der Waals surface area contributed by atoms with E-state index in [0.29, 0.717) is 29.6 Å². The van der Waals surface area contributed by atoms with E-state index in [2.05, 4.69) is 46.5 Å². The monoisotopic (exact) mass is 404 g/mol. The first-order valence-corrected chi connectivity index (χ1v) is 10.6. The summed E-state index contributed by atoms with van der Waals surface area (Å²) in [7, 11) is 0. The largest absolute Gasteiger partial charge is 0.366 e. The van der Waals surface area contributed by atoms with Crippen LogP contribution in [0, 0.1) is 5.92 Å². The van der Waals surface area contributed by atoms with Crippen molar-refractivity contribution < 1.29 is 4.79 Å². The van der Waals surface area contributed by atoms with Crippen LogP contribution >= 0.6 is 0 Å². The van der Waals surface area contributed by atoms with E-state index in [1.165, 1.54) is 15.9 Å². The van der Waals surface area contributed by atoms with Crippen molar-refractivity contribution in [2.45, 2.75) is 39.8 Å². The van der Waals surface area contributed by atoms with Gasteiger partial charge >= 0.3 is 0 Å². The van der Waals surface area contributed by atoms with E-state index in [4.69, 9.17) is 0 Å². The molecule has 6 heteroatoms. The standard InChI is InChI=1S/C24H28N4O2/c1-16(2)15-28-24(30)20-10-6-5-9-19(20)22(26-28)23(29)25-14-17(3)27-13-12-18-8-4-7-11-21(18)27/h4-11,16-17H,12-15H2,1-3H3,(H,25,29). The third-order valence-electron chi connectivity index (χ3n) is 5.63. The molecule has 0 saturated heterocycles. The maximum Gasteiger partial charge on any atom is 0.274 e. The summed E-state index contributed by atoms with van der Waals surface area (Å²) in [4.78, 5) is 28.2. The zero-order valence-electron chi connectivity index (χ0n) is 17.8. The second kappa shape index (κ2) is 8.30. The molecule has 156 valence electrons. The Hall–Kier alpha value is -3.15. The summed E-state index contributed by atoms with van der Waals surface area (Å²) in [5, 5.41) is 8.59. The van der Waals surface area contributed by atoms with Gasteiger partial charge in [0.05, 0.1) is 5.39 Å². The molecule has 6 nitrogen and oxygen atoms in total. The lowest BCUT2D eigenvalue weighted by Gasteiger charge is -2.27. The molecular formula is C24H28N4O2. The number of rotatable bonds is 6. The molecule has 2 aromatic carbocycles. The molecule has 1 N–H and O–H groups in total. The average Bonchev–Trinajstić information content (AvgIpc) is 3.18. The van der Waals surface area contributed by atoms with Gasteiger partial charge in [0.1, 0.15) is 0 Å². The van der Waals surface area contributed by atoms with E-state index in [1.807, 2.05) is 26.0 Å². The van der Waals surface area contributed by atoms with Gasteiger partial charge in [0.2, 0.25) is 0 Å². The predicted octanol–water partition coefficient (Wildman–Crippen LogP) is 3.23. The van der Waals surface area contributed by atoms with Crippen molar-refractivity contribution in [3.05, 3.63) is 70.1 Å². The van der Waals surface area contributed by atoms with Crippen LogP contribution in [0.5, 0.6) is 0 Å². The second-order valence-corrected chi connectivity index (χ2v) is 8.41. The predicted molar refractivity (Wildman–Crippen MR) is 120 cm³/mol. The van der Waals surface area contributed by atoms with Gasteiger partial charge in [0, 0.05) is 36.7 Å². The Morgan fingerprint density at radius 1 is 1.07 bits per heavy atom. The van der Waals surface area contributed by atoms with Crippen molar-refractivity contribution in [1.82, 2.24) is 15.1 Å². The summed E-state index contributed by atoms with van der Waals surface area (Å²) in [6.07, 6.45) is 1.03. The number of nitrogens with one attached hydrogen (secondary N) is 1. The van der Waals surface area contributed by atoms with Crippen LogP contribution in [0.3, 0.4) is 0 Å². The fourth-order valence-electron chi connectivity index (χ4n) is 4.13. The normalized spacial score (nSPS) is 14.2. The van der Waals surface area contributed by atoms with Gasteiger partial charge in [-0.25, -0.2) is 4.68 Å². The topological polar surface area (TPSA) is 67.2 Å². The summed E-state index contributed by atoms with van der Waals surface area (Å²) in [6.45, 7) is 8.11. The van der Waals surface area contributed by atoms with E-state index in [-0.39, 0.29) is 23.4 Å². The number of fused-ring (bicyclic) bond motifs is 2. The molecule has 0 aliphatic carbocycles. The van der Waals surface area contributed by atoms with E-state index in [0.717, 1.165) is 13.0 Å². The third kappa shape index (κ3) is 3.82. The molecule has 4 rings (SSSR count). The first-order chi connectivity index (χ1) is 14.5. The lowest BCUT2D eigenvalue weighted by Crippen LogP contribution is -2.42. The molecule has 1 unspecified atom stereocenters. The number of nitrogens with zero attached hydrogens (tertiary/aromatic N) is 3. The van der Waals surface area contributed by atoms with Gasteiger partial charge in [-0.1, -0.05) is 50.2 Å². The highest BCUT2D eigenvalue weighted by molar-refractivity contribution is 6.04. The molecule has 1 amide bonds. The maximum atomic E-state index is 13.1. The number of amides is 1. The molecule has 30 heavy (non-hydrogen) atoms. The lowest BCUT2D eigenvalue weighted by molar-refractivity contribution is 0.0945. The molecule has 1 aliphatic rings. The molecule has 1 aromatic heterocycles. The highest BCUT2D eigenvalue weighted by atomic mass is 16.2. The van der Waals surface area contributed by atoms with Gasteiger partial charge < -0.3 is 10.2 Å². The summed E-state index contributed by atoms with van der Waals surface area (Å²) < 4.78 is 1.42. The van der Waals surface area contributed by atoms with Crippen LogP contribution in [0.15, 0.2) is 53.3 Å².